The number of pyridine rings is 1. The molecule has 4 aromatic rings. The normalized spacial score (nSPS) is 13.5. The number of aromatic nitrogens is 1. The highest BCUT2D eigenvalue weighted by molar-refractivity contribution is 6.10. The first-order valence-corrected chi connectivity index (χ1v) is 9.41. The molecule has 0 atom stereocenters. The summed E-state index contributed by atoms with van der Waals surface area (Å²) in [6, 6.07) is 11.2. The van der Waals surface area contributed by atoms with Gasteiger partial charge < -0.3 is 4.42 Å². The molecule has 0 radical (unpaired) electrons. The Morgan fingerprint density at radius 2 is 1.93 bits per heavy atom. The van der Waals surface area contributed by atoms with Crippen molar-refractivity contribution in [1.29, 1.82) is 0 Å². The quantitative estimate of drug-likeness (QED) is 0.299. The van der Waals surface area contributed by atoms with Crippen molar-refractivity contribution < 1.29 is 13.1 Å². The van der Waals surface area contributed by atoms with Crippen LogP contribution in [0.2, 0.25) is 0 Å². The molecule has 2 heterocycles. The molecule has 0 amide bonds. The first-order valence-electron chi connectivity index (χ1n) is 10.9. The Balaban J connectivity index is 2.09. The van der Waals surface area contributed by atoms with Gasteiger partial charge in [0.15, 0.2) is 11.9 Å². The van der Waals surface area contributed by atoms with Gasteiger partial charge in [0.25, 0.3) is 0 Å². The topological polar surface area (TPSA) is 21.4 Å². The summed E-state index contributed by atoms with van der Waals surface area (Å²) >= 11 is 0. The average molecular weight is 373 g/mol. The van der Waals surface area contributed by atoms with E-state index in [-0.39, 0.29) is 12.1 Å². The van der Waals surface area contributed by atoms with E-state index in [9.17, 15) is 0 Å². The van der Waals surface area contributed by atoms with Crippen LogP contribution in [0.3, 0.4) is 0 Å². The lowest BCUT2D eigenvalue weighted by atomic mass is 9.97. The second-order valence-corrected chi connectivity index (χ2v) is 7.60. The maximum Gasteiger partial charge on any atom is 0.216 e. The molecule has 4 rings (SSSR count). The minimum atomic E-state index is -1.56. The van der Waals surface area contributed by atoms with Gasteiger partial charge in [-0.1, -0.05) is 26.0 Å². The number of benzene rings is 2. The van der Waals surface area contributed by atoms with E-state index in [1.54, 1.807) is 10.6 Å². The Kier molecular flexibility index (Phi) is 3.61. The van der Waals surface area contributed by atoms with Gasteiger partial charge in [0, 0.05) is 25.6 Å². The molecule has 0 N–H and O–H groups in total. The monoisotopic (exact) mass is 372 g/mol. The fourth-order valence-electron chi connectivity index (χ4n) is 3.69. The van der Waals surface area contributed by atoms with E-state index < -0.39 is 6.37 Å². The fourth-order valence-corrected chi connectivity index (χ4v) is 3.69. The number of rotatable bonds is 3. The summed E-state index contributed by atoms with van der Waals surface area (Å²) < 4.78 is 33.6. The van der Waals surface area contributed by atoms with Gasteiger partial charge in [-0.25, -0.2) is 9.41 Å². The first kappa shape index (κ1) is 14.9. The lowest BCUT2D eigenvalue weighted by Gasteiger charge is -2.09. The maximum absolute atomic E-state index is 8.54. The Morgan fingerprint density at radius 1 is 1.14 bits per heavy atom. The van der Waals surface area contributed by atoms with Gasteiger partial charge >= 0.3 is 0 Å². The number of nitrogens with zero attached hydrogens (tertiary/aromatic N) is 2. The third kappa shape index (κ3) is 2.96. The van der Waals surface area contributed by atoms with Crippen molar-refractivity contribution in [3.05, 3.63) is 70.7 Å². The molecule has 2 aromatic carbocycles. The fraction of sp³-hybridized carbons (Fsp3) is 0.280. The zero-order chi connectivity index (χ0) is 22.7. The van der Waals surface area contributed by atoms with Crippen molar-refractivity contribution in [2.75, 3.05) is 0 Å². The molecular formula is C25H25N2O+. The lowest BCUT2D eigenvalue weighted by molar-refractivity contribution is -0.660. The van der Waals surface area contributed by atoms with Crippen molar-refractivity contribution >= 4 is 27.6 Å². The van der Waals surface area contributed by atoms with Crippen LogP contribution >= 0.6 is 0 Å². The molecule has 0 bridgehead atoms. The van der Waals surface area contributed by atoms with Crippen LogP contribution in [0.4, 0.5) is 5.69 Å². The molecule has 2 aromatic heterocycles. The number of hydrogen-bond donors (Lipinski definition) is 0. The number of furan rings is 1. The summed E-state index contributed by atoms with van der Waals surface area (Å²) in [6.07, 6.45) is -1.33. The Labute approximate surface area is 170 Å². The van der Waals surface area contributed by atoms with Gasteiger partial charge in [0.1, 0.15) is 19.6 Å². The third-order valence-corrected chi connectivity index (χ3v) is 5.07. The van der Waals surface area contributed by atoms with Gasteiger partial charge in [-0.3, -0.25) is 0 Å². The van der Waals surface area contributed by atoms with E-state index in [0.29, 0.717) is 22.4 Å². The van der Waals surface area contributed by atoms with Crippen LogP contribution in [0.5, 0.6) is 0 Å². The molecule has 0 unspecified atom stereocenters. The summed E-state index contributed by atoms with van der Waals surface area (Å²) in [4.78, 5) is 3.62. The smallest absolute Gasteiger partial charge is 0.216 e. The van der Waals surface area contributed by atoms with Crippen molar-refractivity contribution in [3.8, 4) is 11.3 Å². The molecule has 3 heteroatoms. The number of fused-ring (bicyclic) bond motifs is 3. The highest BCUT2D eigenvalue weighted by Crippen LogP contribution is 2.39. The van der Waals surface area contributed by atoms with Gasteiger partial charge in [-0.05, 0) is 55.0 Å². The second-order valence-electron chi connectivity index (χ2n) is 7.60. The Bertz CT molecular complexity index is 1390. The highest BCUT2D eigenvalue weighted by atomic mass is 16.3. The van der Waals surface area contributed by atoms with Crippen LogP contribution in [0.25, 0.3) is 38.0 Å². The molecule has 0 fully saturated rings. The van der Waals surface area contributed by atoms with E-state index in [0.717, 1.165) is 33.2 Å². The number of aryl methyl sites for hydroxylation is 2. The summed E-state index contributed by atoms with van der Waals surface area (Å²) in [5.74, 6) is -0.231. The van der Waals surface area contributed by atoms with E-state index in [4.69, 9.17) is 15.1 Å². The van der Waals surface area contributed by atoms with Crippen LogP contribution < -0.4 is 4.57 Å². The molecular weight excluding hydrogens is 344 g/mol. The molecule has 0 spiro atoms. The second kappa shape index (κ2) is 6.80. The van der Waals surface area contributed by atoms with Crippen molar-refractivity contribution in [2.24, 2.45) is 13.0 Å². The average Bonchev–Trinajstić information content (AvgIpc) is 3.06. The minimum absolute atomic E-state index is 0.231. The molecule has 140 valence electrons. The van der Waals surface area contributed by atoms with Gasteiger partial charge in [-0.15, -0.1) is 0 Å². The van der Waals surface area contributed by atoms with Gasteiger partial charge in [-0.2, -0.15) is 0 Å². The van der Waals surface area contributed by atoms with Crippen molar-refractivity contribution in [1.82, 2.24) is 0 Å². The minimum Gasteiger partial charge on any atom is -0.455 e. The van der Waals surface area contributed by atoms with Crippen molar-refractivity contribution in [2.45, 2.75) is 34.1 Å². The zero-order valence-corrected chi connectivity index (χ0v) is 16.8. The summed E-state index contributed by atoms with van der Waals surface area (Å²) in [5, 5.41) is 1.79. The van der Waals surface area contributed by atoms with E-state index in [2.05, 4.69) is 4.85 Å². The maximum atomic E-state index is 8.54. The summed E-state index contributed by atoms with van der Waals surface area (Å²) in [7, 11) is 1.81. The lowest BCUT2D eigenvalue weighted by Crippen LogP contribution is -2.31. The Hall–Kier alpha value is -3.12. The predicted octanol–water partition coefficient (Wildman–Crippen LogP) is 6.44. The van der Waals surface area contributed by atoms with E-state index in [1.807, 2.05) is 65.1 Å². The van der Waals surface area contributed by atoms with Crippen LogP contribution in [-0.4, -0.2) is 0 Å². The largest absolute Gasteiger partial charge is 0.455 e. The van der Waals surface area contributed by atoms with Crippen molar-refractivity contribution in [3.63, 3.8) is 0 Å². The highest BCUT2D eigenvalue weighted by Gasteiger charge is 2.21. The molecule has 0 aliphatic heterocycles. The molecule has 28 heavy (non-hydrogen) atoms. The van der Waals surface area contributed by atoms with Gasteiger partial charge in [0.05, 0.1) is 12.1 Å². The van der Waals surface area contributed by atoms with E-state index in [1.165, 1.54) is 0 Å². The zero-order valence-electron chi connectivity index (χ0n) is 19.8. The molecule has 0 aliphatic rings. The molecule has 0 saturated carbocycles. The third-order valence-electron chi connectivity index (χ3n) is 5.07. The summed E-state index contributed by atoms with van der Waals surface area (Å²) in [5.41, 5.74) is 5.91. The summed E-state index contributed by atoms with van der Waals surface area (Å²) in [6.45, 7) is 15.0. The molecule has 0 aliphatic carbocycles. The standard InChI is InChI=1S/C25H25N2O/c1-15(2)11-18-9-10-27(6)22(13-18)24-16(3)7-8-19-20-14-21(26-5)17(4)12-23(20)28-25(19)24/h7-10,12-15H,11H2,1-4,6H3/q+1/i10D,11D2. The first-order chi connectivity index (χ1) is 14.6. The molecule has 0 saturated heterocycles. The van der Waals surface area contributed by atoms with Crippen LogP contribution in [-0.2, 0) is 13.4 Å². The Morgan fingerprint density at radius 3 is 2.64 bits per heavy atom. The molecule has 3 nitrogen and oxygen atoms in total. The van der Waals surface area contributed by atoms with Gasteiger partial charge in [0.2, 0.25) is 5.69 Å². The SMILES string of the molecule is [2H]c1cc(C([2H])([2H])C(C)C)cc(-c2c(C)ccc3c2oc2cc(C)c([N+]#[C-])cc23)[n+]1C. The van der Waals surface area contributed by atoms with E-state index >= 15 is 0 Å². The van der Waals surface area contributed by atoms with Crippen LogP contribution in [0, 0.1) is 26.3 Å². The number of hydrogen-bond acceptors (Lipinski definition) is 1. The van der Waals surface area contributed by atoms with Crippen LogP contribution in [0.1, 0.15) is 34.7 Å². The van der Waals surface area contributed by atoms with Crippen LogP contribution in [0.15, 0.2) is 47.0 Å². The predicted molar refractivity (Wildman–Crippen MR) is 115 cm³/mol.